The Kier molecular flexibility index (Phi) is 5.32. The van der Waals surface area contributed by atoms with Gasteiger partial charge < -0.3 is 9.84 Å². The highest BCUT2D eigenvalue weighted by molar-refractivity contribution is 6.16. The second kappa shape index (κ2) is 7.57. The number of anilines is 1. The number of rotatable bonds is 5. The molecule has 0 spiro atoms. The number of aliphatic hydroxyl groups excluding tert-OH is 1. The van der Waals surface area contributed by atoms with Crippen LogP contribution in [0.25, 0.3) is 0 Å². The molecule has 3 rings (SSSR count). The molecule has 1 aromatic heterocycles. The van der Waals surface area contributed by atoms with Gasteiger partial charge in [0.2, 0.25) is 0 Å². The van der Waals surface area contributed by atoms with Gasteiger partial charge in [-0.3, -0.25) is 19.5 Å². The van der Waals surface area contributed by atoms with E-state index in [2.05, 4.69) is 9.72 Å². The molecule has 0 fully saturated rings. The number of aliphatic hydroxyl groups is 1. The van der Waals surface area contributed by atoms with Crippen LogP contribution in [0.2, 0.25) is 0 Å². The number of carbonyl (C=O) groups excluding carboxylic acids is 2. The lowest BCUT2D eigenvalue weighted by Crippen LogP contribution is -2.31. The van der Waals surface area contributed by atoms with Crippen molar-refractivity contribution in [1.82, 2.24) is 4.98 Å². The molecule has 1 N–H and O–H groups in total. The standard InChI is InChI=1S/C20H17F3N2O4/c1-11(2)17(26)15-16(12-5-4-8-24-10-12)25(19(28)18(15)27)13-6-3-7-14(9-13)29-20(21,22)23/h3-11,16,27H,1-2H3. The summed E-state index contributed by atoms with van der Waals surface area (Å²) in [4.78, 5) is 30.6. The summed E-state index contributed by atoms with van der Waals surface area (Å²) < 4.78 is 41.7. The molecule has 1 atom stereocenters. The highest BCUT2D eigenvalue weighted by atomic mass is 19.4. The van der Waals surface area contributed by atoms with Gasteiger partial charge in [-0.25, -0.2) is 0 Å². The number of amides is 1. The van der Waals surface area contributed by atoms with Crippen LogP contribution in [0.3, 0.4) is 0 Å². The van der Waals surface area contributed by atoms with Crippen LogP contribution in [0.4, 0.5) is 18.9 Å². The molecule has 0 aliphatic carbocycles. The van der Waals surface area contributed by atoms with E-state index >= 15 is 0 Å². The van der Waals surface area contributed by atoms with Crippen LogP contribution in [-0.4, -0.2) is 28.1 Å². The summed E-state index contributed by atoms with van der Waals surface area (Å²) in [5.41, 5.74) is 0.333. The van der Waals surface area contributed by atoms with Gasteiger partial charge in [-0.05, 0) is 23.8 Å². The maximum absolute atomic E-state index is 12.8. The van der Waals surface area contributed by atoms with Crippen LogP contribution in [0, 0.1) is 5.92 Å². The number of hydrogen-bond acceptors (Lipinski definition) is 5. The molecule has 9 heteroatoms. The predicted octanol–water partition coefficient (Wildman–Crippen LogP) is 4.11. The summed E-state index contributed by atoms with van der Waals surface area (Å²) in [5.74, 6) is -3.13. The van der Waals surface area contributed by atoms with Crippen LogP contribution in [0.1, 0.15) is 25.5 Å². The van der Waals surface area contributed by atoms with Crippen molar-refractivity contribution in [2.75, 3.05) is 4.90 Å². The van der Waals surface area contributed by atoms with E-state index in [1.807, 2.05) is 0 Å². The number of Topliss-reactive ketones (excluding diaryl/α,β-unsaturated/α-hetero) is 1. The summed E-state index contributed by atoms with van der Waals surface area (Å²) >= 11 is 0. The third kappa shape index (κ3) is 4.08. The van der Waals surface area contributed by atoms with Gasteiger partial charge in [0.1, 0.15) is 5.75 Å². The minimum atomic E-state index is -4.91. The van der Waals surface area contributed by atoms with Gasteiger partial charge in [0.05, 0.1) is 11.6 Å². The normalized spacial score (nSPS) is 17.2. The van der Waals surface area contributed by atoms with E-state index in [1.54, 1.807) is 26.0 Å². The van der Waals surface area contributed by atoms with Gasteiger partial charge in [-0.2, -0.15) is 0 Å². The van der Waals surface area contributed by atoms with Crippen molar-refractivity contribution >= 4 is 17.4 Å². The lowest BCUT2D eigenvalue weighted by atomic mass is 9.92. The molecule has 0 radical (unpaired) electrons. The number of alkyl halides is 3. The molecule has 1 aromatic carbocycles. The monoisotopic (exact) mass is 406 g/mol. The summed E-state index contributed by atoms with van der Waals surface area (Å²) in [6.07, 6.45) is -1.99. The fourth-order valence-electron chi connectivity index (χ4n) is 3.12. The molecule has 1 unspecified atom stereocenters. The SMILES string of the molecule is CC(C)C(=O)C1=C(O)C(=O)N(c2cccc(OC(F)(F)F)c2)C1c1cccnc1. The van der Waals surface area contributed by atoms with Crippen molar-refractivity contribution in [3.8, 4) is 5.75 Å². The number of ether oxygens (including phenoxy) is 1. The largest absolute Gasteiger partial charge is 0.573 e. The fraction of sp³-hybridized carbons (Fsp3) is 0.250. The Hall–Kier alpha value is -3.36. The van der Waals surface area contributed by atoms with Crippen molar-refractivity contribution < 1.29 is 32.6 Å². The fourth-order valence-corrected chi connectivity index (χ4v) is 3.12. The van der Waals surface area contributed by atoms with E-state index < -0.39 is 41.5 Å². The van der Waals surface area contributed by atoms with E-state index in [-0.39, 0.29) is 11.3 Å². The third-order valence-corrected chi connectivity index (χ3v) is 4.33. The van der Waals surface area contributed by atoms with Crippen LogP contribution >= 0.6 is 0 Å². The van der Waals surface area contributed by atoms with E-state index in [4.69, 9.17) is 0 Å². The summed E-state index contributed by atoms with van der Waals surface area (Å²) in [7, 11) is 0. The Labute approximate surface area is 164 Å². The van der Waals surface area contributed by atoms with E-state index in [0.29, 0.717) is 5.56 Å². The van der Waals surface area contributed by atoms with E-state index in [0.717, 1.165) is 17.0 Å². The zero-order chi connectivity index (χ0) is 21.3. The zero-order valence-electron chi connectivity index (χ0n) is 15.5. The molecule has 2 aromatic rings. The first-order chi connectivity index (χ1) is 13.6. The van der Waals surface area contributed by atoms with Crippen LogP contribution < -0.4 is 9.64 Å². The number of halogens is 3. The molecule has 0 saturated heterocycles. The third-order valence-electron chi connectivity index (χ3n) is 4.33. The zero-order valence-corrected chi connectivity index (χ0v) is 15.5. The number of pyridine rings is 1. The Balaban J connectivity index is 2.12. The van der Waals surface area contributed by atoms with Gasteiger partial charge in [-0.1, -0.05) is 26.0 Å². The quantitative estimate of drug-likeness (QED) is 0.809. The molecular weight excluding hydrogens is 389 g/mol. The Morgan fingerprint density at radius 3 is 2.55 bits per heavy atom. The van der Waals surface area contributed by atoms with Crippen molar-refractivity contribution in [3.05, 3.63) is 65.7 Å². The molecule has 1 amide bonds. The first kappa shape index (κ1) is 20.4. The molecule has 2 heterocycles. The highest BCUT2D eigenvalue weighted by Crippen LogP contribution is 2.42. The van der Waals surface area contributed by atoms with Gasteiger partial charge in [-0.15, -0.1) is 13.2 Å². The molecule has 0 bridgehead atoms. The number of nitrogens with zero attached hydrogens (tertiary/aromatic N) is 2. The van der Waals surface area contributed by atoms with Gasteiger partial charge in [0.25, 0.3) is 5.91 Å². The average Bonchev–Trinajstić information content (AvgIpc) is 2.92. The number of hydrogen-bond donors (Lipinski definition) is 1. The topological polar surface area (TPSA) is 79.7 Å². The van der Waals surface area contributed by atoms with Crippen LogP contribution in [0.5, 0.6) is 5.75 Å². The van der Waals surface area contributed by atoms with Crippen molar-refractivity contribution in [2.24, 2.45) is 5.92 Å². The van der Waals surface area contributed by atoms with Crippen LogP contribution in [0.15, 0.2) is 60.1 Å². The Bertz CT molecular complexity index is 971. The molecule has 1 aliphatic heterocycles. The second-order valence-electron chi connectivity index (χ2n) is 6.69. The maximum atomic E-state index is 12.8. The predicted molar refractivity (Wildman–Crippen MR) is 97.1 cm³/mol. The summed E-state index contributed by atoms with van der Waals surface area (Å²) in [6.45, 7) is 3.24. The number of ketones is 1. The van der Waals surface area contributed by atoms with E-state index in [9.17, 15) is 27.9 Å². The number of carbonyl (C=O) groups is 2. The lowest BCUT2D eigenvalue weighted by molar-refractivity contribution is -0.274. The number of aromatic nitrogens is 1. The minimum absolute atomic E-state index is 0.0312. The lowest BCUT2D eigenvalue weighted by Gasteiger charge is -2.27. The van der Waals surface area contributed by atoms with Crippen molar-refractivity contribution in [1.29, 1.82) is 0 Å². The van der Waals surface area contributed by atoms with Crippen LogP contribution in [-0.2, 0) is 9.59 Å². The average molecular weight is 406 g/mol. The first-order valence-corrected chi connectivity index (χ1v) is 8.66. The second-order valence-corrected chi connectivity index (χ2v) is 6.69. The van der Waals surface area contributed by atoms with Gasteiger partial charge in [0.15, 0.2) is 11.5 Å². The Morgan fingerprint density at radius 1 is 1.24 bits per heavy atom. The van der Waals surface area contributed by atoms with E-state index in [1.165, 1.54) is 24.5 Å². The van der Waals surface area contributed by atoms with Gasteiger partial charge >= 0.3 is 6.36 Å². The summed E-state index contributed by atoms with van der Waals surface area (Å²) in [6, 6.07) is 6.94. The first-order valence-electron chi connectivity index (χ1n) is 8.66. The molecule has 0 saturated carbocycles. The number of benzene rings is 1. The molecule has 1 aliphatic rings. The molecule has 152 valence electrons. The smallest absolute Gasteiger partial charge is 0.503 e. The highest BCUT2D eigenvalue weighted by Gasteiger charge is 2.45. The maximum Gasteiger partial charge on any atom is 0.573 e. The molecule has 29 heavy (non-hydrogen) atoms. The van der Waals surface area contributed by atoms with Crippen molar-refractivity contribution in [2.45, 2.75) is 26.3 Å². The van der Waals surface area contributed by atoms with Gasteiger partial charge in [0, 0.05) is 30.1 Å². The molecule has 6 nitrogen and oxygen atoms in total. The summed E-state index contributed by atoms with van der Waals surface area (Å²) in [5, 5.41) is 10.4. The molecular formula is C20H17F3N2O4. The Morgan fingerprint density at radius 2 is 1.97 bits per heavy atom. The minimum Gasteiger partial charge on any atom is -0.503 e. The van der Waals surface area contributed by atoms with Crippen molar-refractivity contribution in [3.63, 3.8) is 0 Å².